The smallest absolute Gasteiger partial charge is 0.262 e. The molecule has 0 aliphatic rings. The van der Waals surface area contributed by atoms with E-state index in [4.69, 9.17) is 4.42 Å². The lowest BCUT2D eigenvalue weighted by atomic mass is 10.1. The minimum Gasteiger partial charge on any atom is -0.436 e. The van der Waals surface area contributed by atoms with Gasteiger partial charge in [-0.3, -0.25) is 0 Å². The number of hydrogen-bond acceptors (Lipinski definition) is 6. The first kappa shape index (κ1) is 15.3. The maximum atomic E-state index is 13.2. The average molecular weight is 357 g/mol. The molecule has 0 aliphatic heterocycles. The van der Waals surface area contributed by atoms with E-state index in [9.17, 15) is 4.39 Å². The largest absolute Gasteiger partial charge is 0.436 e. The molecule has 4 rings (SSSR count). The molecule has 3 aromatic heterocycles. The molecule has 0 saturated heterocycles. The van der Waals surface area contributed by atoms with Crippen molar-refractivity contribution in [1.82, 2.24) is 15.0 Å². The van der Waals surface area contributed by atoms with Gasteiger partial charge in [0, 0.05) is 10.9 Å². The number of halogens is 1. The van der Waals surface area contributed by atoms with Crippen LogP contribution in [0.15, 0.2) is 50.6 Å². The number of benzene rings is 1. The quantitative estimate of drug-likeness (QED) is 0.469. The Balaban J connectivity index is 1.83. The van der Waals surface area contributed by atoms with Crippen molar-refractivity contribution in [2.24, 2.45) is 0 Å². The second kappa shape index (κ2) is 5.99. The summed E-state index contributed by atoms with van der Waals surface area (Å²) in [5.41, 5.74) is 2.78. The summed E-state index contributed by atoms with van der Waals surface area (Å²) in [6, 6.07) is 6.43. The van der Waals surface area contributed by atoms with Gasteiger partial charge in [-0.25, -0.2) is 19.3 Å². The zero-order valence-corrected chi connectivity index (χ0v) is 14.5. The van der Waals surface area contributed by atoms with Crippen molar-refractivity contribution in [3.05, 3.63) is 53.2 Å². The summed E-state index contributed by atoms with van der Waals surface area (Å²) in [7, 11) is 0. The van der Waals surface area contributed by atoms with Gasteiger partial charge in [-0.1, -0.05) is 12.1 Å². The highest BCUT2D eigenvalue weighted by Gasteiger charge is 2.16. The van der Waals surface area contributed by atoms with E-state index < -0.39 is 0 Å². The van der Waals surface area contributed by atoms with Crippen LogP contribution in [0.25, 0.3) is 21.3 Å². The van der Waals surface area contributed by atoms with E-state index >= 15 is 0 Å². The Morgan fingerprint density at radius 1 is 1.12 bits per heavy atom. The first-order valence-electron chi connectivity index (χ1n) is 7.22. The molecule has 0 amide bonds. The van der Waals surface area contributed by atoms with Crippen molar-refractivity contribution >= 4 is 33.3 Å². The molecule has 0 saturated carbocycles. The topological polar surface area (TPSA) is 51.8 Å². The molecule has 0 radical (unpaired) electrons. The zero-order chi connectivity index (χ0) is 16.7. The number of fused-ring (bicyclic) bond motifs is 1. The van der Waals surface area contributed by atoms with Crippen molar-refractivity contribution in [2.75, 3.05) is 0 Å². The predicted octanol–water partition coefficient (Wildman–Crippen LogP) is 5.25. The van der Waals surface area contributed by atoms with Crippen molar-refractivity contribution in [3.63, 3.8) is 0 Å². The van der Waals surface area contributed by atoms with E-state index in [1.165, 1.54) is 41.6 Å². The normalized spacial score (nSPS) is 11.3. The van der Waals surface area contributed by atoms with Gasteiger partial charge in [-0.15, -0.1) is 11.3 Å². The molecule has 0 unspecified atom stereocenters. The fourth-order valence-corrected chi connectivity index (χ4v) is 4.24. The van der Waals surface area contributed by atoms with Gasteiger partial charge < -0.3 is 4.42 Å². The number of nitrogens with zero attached hydrogens (tertiary/aromatic N) is 3. The molecule has 7 heteroatoms. The first-order valence-corrected chi connectivity index (χ1v) is 8.91. The number of rotatable bonds is 3. The standard InChI is InChI=1S/C17H12FN3OS2/c1-9-10(2)22-17(21-9)24-16-14-13(7-23-15(14)19-8-20-16)11-3-5-12(18)6-4-11/h3-8H,1-2H3. The highest BCUT2D eigenvalue weighted by Crippen LogP contribution is 2.40. The number of aromatic nitrogens is 3. The summed E-state index contributed by atoms with van der Waals surface area (Å²) in [4.78, 5) is 14.0. The van der Waals surface area contributed by atoms with Gasteiger partial charge in [0.1, 0.15) is 27.8 Å². The maximum absolute atomic E-state index is 13.2. The van der Waals surface area contributed by atoms with E-state index in [0.717, 1.165) is 37.8 Å². The van der Waals surface area contributed by atoms with Crippen LogP contribution >= 0.6 is 23.1 Å². The zero-order valence-electron chi connectivity index (χ0n) is 12.9. The lowest BCUT2D eigenvalue weighted by Crippen LogP contribution is -1.86. The molecule has 0 bridgehead atoms. The molecular formula is C17H12FN3OS2. The summed E-state index contributed by atoms with van der Waals surface area (Å²) in [6.07, 6.45) is 1.54. The molecule has 3 heterocycles. The van der Waals surface area contributed by atoms with Crippen LogP contribution in [-0.2, 0) is 0 Å². The van der Waals surface area contributed by atoms with Gasteiger partial charge in [-0.2, -0.15) is 0 Å². The van der Waals surface area contributed by atoms with E-state index in [-0.39, 0.29) is 5.82 Å². The summed E-state index contributed by atoms with van der Waals surface area (Å²) in [5.74, 6) is 0.543. The molecule has 24 heavy (non-hydrogen) atoms. The van der Waals surface area contributed by atoms with E-state index in [0.29, 0.717) is 5.22 Å². The van der Waals surface area contributed by atoms with Crippen LogP contribution in [0.3, 0.4) is 0 Å². The Kier molecular flexibility index (Phi) is 3.82. The lowest BCUT2D eigenvalue weighted by molar-refractivity contribution is 0.431. The third kappa shape index (κ3) is 2.70. The van der Waals surface area contributed by atoms with E-state index in [1.54, 1.807) is 12.1 Å². The summed E-state index contributed by atoms with van der Waals surface area (Å²) >= 11 is 2.91. The third-order valence-corrected chi connectivity index (χ3v) is 5.42. The molecule has 120 valence electrons. The Hall–Kier alpha value is -2.25. The Morgan fingerprint density at radius 3 is 2.62 bits per heavy atom. The summed E-state index contributed by atoms with van der Waals surface area (Å²) in [5, 5.41) is 4.29. The minimum absolute atomic E-state index is 0.255. The molecule has 4 nitrogen and oxygen atoms in total. The maximum Gasteiger partial charge on any atom is 0.262 e. The molecule has 4 aromatic rings. The average Bonchev–Trinajstić information content (AvgIpc) is 3.13. The highest BCUT2D eigenvalue weighted by molar-refractivity contribution is 7.99. The third-order valence-electron chi connectivity index (χ3n) is 3.68. The van der Waals surface area contributed by atoms with Gasteiger partial charge in [0.2, 0.25) is 0 Å². The van der Waals surface area contributed by atoms with Crippen LogP contribution in [0.2, 0.25) is 0 Å². The van der Waals surface area contributed by atoms with Gasteiger partial charge in [0.25, 0.3) is 5.22 Å². The fraction of sp³-hybridized carbons (Fsp3) is 0.118. The minimum atomic E-state index is -0.255. The lowest BCUT2D eigenvalue weighted by Gasteiger charge is -2.03. The Labute approximate surface area is 145 Å². The molecule has 0 fully saturated rings. The van der Waals surface area contributed by atoms with Crippen LogP contribution in [-0.4, -0.2) is 15.0 Å². The molecule has 0 N–H and O–H groups in total. The van der Waals surface area contributed by atoms with Crippen LogP contribution < -0.4 is 0 Å². The van der Waals surface area contributed by atoms with Crippen molar-refractivity contribution in [1.29, 1.82) is 0 Å². The molecule has 0 spiro atoms. The van der Waals surface area contributed by atoms with Gasteiger partial charge in [-0.05, 0) is 43.3 Å². The van der Waals surface area contributed by atoms with E-state index in [2.05, 4.69) is 15.0 Å². The second-order valence-corrected chi connectivity index (χ2v) is 7.04. The second-order valence-electron chi connectivity index (χ2n) is 5.24. The van der Waals surface area contributed by atoms with E-state index in [1.807, 2.05) is 19.2 Å². The van der Waals surface area contributed by atoms with Gasteiger partial charge >= 0.3 is 0 Å². The van der Waals surface area contributed by atoms with Crippen molar-refractivity contribution in [3.8, 4) is 11.1 Å². The van der Waals surface area contributed by atoms with Crippen LogP contribution in [0.1, 0.15) is 11.5 Å². The molecule has 0 aliphatic carbocycles. The summed E-state index contributed by atoms with van der Waals surface area (Å²) < 4.78 is 18.9. The fourth-order valence-electron chi connectivity index (χ4n) is 2.34. The molecular weight excluding hydrogens is 345 g/mol. The van der Waals surface area contributed by atoms with Crippen molar-refractivity contribution < 1.29 is 8.81 Å². The number of hydrogen-bond donors (Lipinski definition) is 0. The Bertz CT molecular complexity index is 1000. The van der Waals surface area contributed by atoms with Crippen LogP contribution in [0.5, 0.6) is 0 Å². The van der Waals surface area contributed by atoms with Crippen molar-refractivity contribution in [2.45, 2.75) is 24.1 Å². The van der Waals surface area contributed by atoms with Gasteiger partial charge in [0.05, 0.1) is 11.1 Å². The first-order chi connectivity index (χ1) is 11.6. The number of thiophene rings is 1. The predicted molar refractivity (Wildman–Crippen MR) is 92.9 cm³/mol. The summed E-state index contributed by atoms with van der Waals surface area (Å²) in [6.45, 7) is 3.80. The monoisotopic (exact) mass is 357 g/mol. The van der Waals surface area contributed by atoms with Crippen LogP contribution in [0.4, 0.5) is 4.39 Å². The SMILES string of the molecule is Cc1nc(Sc2ncnc3scc(-c4ccc(F)cc4)c23)oc1C. The molecule has 1 aromatic carbocycles. The Morgan fingerprint density at radius 2 is 1.92 bits per heavy atom. The highest BCUT2D eigenvalue weighted by atomic mass is 32.2. The van der Waals surface area contributed by atoms with Gasteiger partial charge in [0.15, 0.2) is 0 Å². The number of oxazole rings is 1. The van der Waals surface area contributed by atoms with Crippen LogP contribution in [0, 0.1) is 19.7 Å². The molecule has 0 atom stereocenters. The number of aryl methyl sites for hydroxylation is 2.